The van der Waals surface area contributed by atoms with Gasteiger partial charge in [0.2, 0.25) is 0 Å². The van der Waals surface area contributed by atoms with Gasteiger partial charge in [0.15, 0.2) is 23.3 Å². The van der Waals surface area contributed by atoms with E-state index >= 15 is 0 Å². The third-order valence-electron chi connectivity index (χ3n) is 2.28. The first-order valence-electron chi connectivity index (χ1n) is 5.31. The van der Waals surface area contributed by atoms with E-state index in [1.165, 1.54) is 12.0 Å². The molecule has 18 heavy (non-hydrogen) atoms. The average Bonchev–Trinajstić information content (AvgIpc) is 2.35. The van der Waals surface area contributed by atoms with Gasteiger partial charge in [-0.05, 0) is 0 Å². The molecular formula is C10H16F2N4O2. The van der Waals surface area contributed by atoms with Gasteiger partial charge in [0.1, 0.15) is 0 Å². The van der Waals surface area contributed by atoms with E-state index in [-0.39, 0.29) is 24.8 Å². The minimum absolute atomic E-state index is 0.0875. The Morgan fingerprint density at radius 3 is 2.72 bits per heavy atom. The van der Waals surface area contributed by atoms with E-state index in [0.717, 1.165) is 0 Å². The highest BCUT2D eigenvalue weighted by Gasteiger charge is 2.16. The maximum absolute atomic E-state index is 13.6. The molecule has 0 aliphatic carbocycles. The van der Waals surface area contributed by atoms with Crippen molar-refractivity contribution in [3.63, 3.8) is 0 Å². The first-order chi connectivity index (χ1) is 8.63. The Hall–Kier alpha value is -1.51. The first-order valence-corrected chi connectivity index (χ1v) is 5.31. The topological polar surface area (TPSA) is 83.6 Å². The Kier molecular flexibility index (Phi) is 5.69. The maximum atomic E-state index is 13.6. The van der Waals surface area contributed by atoms with Gasteiger partial charge in [-0.2, -0.15) is 0 Å². The molecule has 0 aliphatic heterocycles. The maximum Gasteiger partial charge on any atom is 0.178 e. The van der Waals surface area contributed by atoms with Crippen molar-refractivity contribution in [1.82, 2.24) is 4.98 Å². The number of hydrogen-bond acceptors (Lipinski definition) is 6. The lowest BCUT2D eigenvalue weighted by atomic mass is 10.3. The Bertz CT molecular complexity index is 392. The molecule has 1 heterocycles. The van der Waals surface area contributed by atoms with E-state index in [2.05, 4.69) is 4.98 Å². The van der Waals surface area contributed by atoms with Crippen LogP contribution in [-0.4, -0.2) is 43.5 Å². The highest BCUT2D eigenvalue weighted by molar-refractivity contribution is 5.48. The summed E-state index contributed by atoms with van der Waals surface area (Å²) >= 11 is 0. The minimum Gasteiger partial charge on any atom is -0.395 e. The number of nitrogens with two attached hydrogens (primary N) is 1. The minimum atomic E-state index is -0.880. The lowest BCUT2D eigenvalue weighted by Gasteiger charge is -2.23. The van der Waals surface area contributed by atoms with E-state index in [1.54, 1.807) is 0 Å². The number of nitrogens with zero attached hydrogens (tertiary/aromatic N) is 2. The molecule has 1 aromatic rings. The van der Waals surface area contributed by atoms with Crippen LogP contribution in [0, 0.1) is 11.6 Å². The quantitative estimate of drug-likeness (QED) is 0.477. The summed E-state index contributed by atoms with van der Waals surface area (Å²) in [5, 5.41) is 8.92. The number of methoxy groups -OCH3 is 1. The van der Waals surface area contributed by atoms with Crippen molar-refractivity contribution in [2.24, 2.45) is 5.84 Å². The molecule has 0 aromatic carbocycles. The van der Waals surface area contributed by atoms with Crippen molar-refractivity contribution in [3.05, 3.63) is 17.7 Å². The van der Waals surface area contributed by atoms with Crippen molar-refractivity contribution in [1.29, 1.82) is 0 Å². The molecule has 102 valence electrons. The Morgan fingerprint density at radius 2 is 2.17 bits per heavy atom. The zero-order chi connectivity index (χ0) is 13.5. The van der Waals surface area contributed by atoms with E-state index in [9.17, 15) is 8.78 Å². The fourth-order valence-corrected chi connectivity index (χ4v) is 1.43. The molecule has 0 bridgehead atoms. The van der Waals surface area contributed by atoms with Crippen LogP contribution in [0.15, 0.2) is 6.07 Å². The predicted octanol–water partition coefficient (Wildman–Crippen LogP) is 0.0905. The molecule has 0 unspecified atom stereocenters. The largest absolute Gasteiger partial charge is 0.395 e. The summed E-state index contributed by atoms with van der Waals surface area (Å²) in [6, 6.07) is 0.689. The summed E-state index contributed by atoms with van der Waals surface area (Å²) in [6.07, 6.45) is 0. The van der Waals surface area contributed by atoms with Crippen molar-refractivity contribution in [3.8, 4) is 0 Å². The number of nitrogens with one attached hydrogen (secondary N) is 1. The number of hydrazine groups is 1. The number of rotatable bonds is 7. The van der Waals surface area contributed by atoms with E-state index in [1.807, 2.05) is 5.43 Å². The number of hydrogen-bond donors (Lipinski definition) is 3. The molecule has 0 spiro atoms. The van der Waals surface area contributed by atoms with Gasteiger partial charge in [0, 0.05) is 26.3 Å². The van der Waals surface area contributed by atoms with Gasteiger partial charge in [0.05, 0.1) is 13.2 Å². The summed E-state index contributed by atoms with van der Waals surface area (Å²) < 4.78 is 31.7. The SMILES string of the molecule is COCCN(CCO)c1nc(NN)c(F)cc1F. The van der Waals surface area contributed by atoms with Crippen LogP contribution in [0.2, 0.25) is 0 Å². The predicted molar refractivity (Wildman–Crippen MR) is 63.1 cm³/mol. The number of aromatic nitrogens is 1. The molecule has 1 rings (SSSR count). The summed E-state index contributed by atoms with van der Waals surface area (Å²) in [6.45, 7) is 0.608. The van der Waals surface area contributed by atoms with Gasteiger partial charge in [-0.15, -0.1) is 0 Å². The molecule has 0 saturated carbocycles. The average molecular weight is 262 g/mol. The molecule has 0 atom stereocenters. The van der Waals surface area contributed by atoms with Crippen LogP contribution in [0.5, 0.6) is 0 Å². The molecular weight excluding hydrogens is 246 g/mol. The van der Waals surface area contributed by atoms with E-state index < -0.39 is 11.6 Å². The summed E-state index contributed by atoms with van der Waals surface area (Å²) in [7, 11) is 1.50. The number of nitrogen functional groups attached to an aromatic ring is 1. The summed E-state index contributed by atoms with van der Waals surface area (Å²) in [4.78, 5) is 5.18. The number of ether oxygens (including phenoxy) is 1. The van der Waals surface area contributed by atoms with Crippen LogP contribution in [-0.2, 0) is 4.74 Å². The highest BCUT2D eigenvalue weighted by Crippen LogP contribution is 2.21. The molecule has 0 radical (unpaired) electrons. The van der Waals surface area contributed by atoms with Crippen molar-refractivity contribution in [2.45, 2.75) is 0 Å². The number of pyridine rings is 1. The van der Waals surface area contributed by atoms with Gasteiger partial charge in [0.25, 0.3) is 0 Å². The molecule has 0 amide bonds. The number of aliphatic hydroxyl groups is 1. The number of aliphatic hydroxyl groups excluding tert-OH is 1. The highest BCUT2D eigenvalue weighted by atomic mass is 19.1. The summed E-state index contributed by atoms with van der Waals surface area (Å²) in [5.74, 6) is 3.03. The normalized spacial score (nSPS) is 10.5. The Labute approximate surface area is 103 Å². The molecule has 0 fully saturated rings. The van der Waals surface area contributed by atoms with Crippen molar-refractivity contribution < 1.29 is 18.6 Å². The lowest BCUT2D eigenvalue weighted by molar-refractivity contribution is 0.202. The molecule has 6 nitrogen and oxygen atoms in total. The van der Waals surface area contributed by atoms with Gasteiger partial charge in [-0.25, -0.2) is 19.6 Å². The lowest BCUT2D eigenvalue weighted by Crippen LogP contribution is -2.32. The van der Waals surface area contributed by atoms with Crippen LogP contribution in [0.3, 0.4) is 0 Å². The fourth-order valence-electron chi connectivity index (χ4n) is 1.43. The summed E-state index contributed by atoms with van der Waals surface area (Å²) in [5.41, 5.74) is 2.04. The van der Waals surface area contributed by atoms with Crippen LogP contribution in [0.25, 0.3) is 0 Å². The smallest absolute Gasteiger partial charge is 0.178 e. The molecule has 0 saturated heterocycles. The van der Waals surface area contributed by atoms with Gasteiger partial charge < -0.3 is 20.2 Å². The second-order valence-corrected chi connectivity index (χ2v) is 3.47. The van der Waals surface area contributed by atoms with E-state index in [4.69, 9.17) is 15.7 Å². The first kappa shape index (κ1) is 14.6. The molecule has 4 N–H and O–H groups in total. The number of anilines is 2. The second-order valence-electron chi connectivity index (χ2n) is 3.47. The molecule has 8 heteroatoms. The zero-order valence-corrected chi connectivity index (χ0v) is 9.99. The van der Waals surface area contributed by atoms with Crippen LogP contribution in [0.1, 0.15) is 0 Å². The second kappa shape index (κ2) is 7.04. The molecule has 1 aromatic heterocycles. The van der Waals surface area contributed by atoms with Gasteiger partial charge in [-0.3, -0.25) is 0 Å². The monoisotopic (exact) mass is 262 g/mol. The Balaban J connectivity index is 3.02. The fraction of sp³-hybridized carbons (Fsp3) is 0.500. The molecule has 0 aliphatic rings. The van der Waals surface area contributed by atoms with Gasteiger partial charge >= 0.3 is 0 Å². The third-order valence-corrected chi connectivity index (χ3v) is 2.28. The van der Waals surface area contributed by atoms with E-state index in [0.29, 0.717) is 19.2 Å². The van der Waals surface area contributed by atoms with Crippen LogP contribution >= 0.6 is 0 Å². The van der Waals surface area contributed by atoms with Crippen LogP contribution in [0.4, 0.5) is 20.4 Å². The zero-order valence-electron chi connectivity index (χ0n) is 9.99. The van der Waals surface area contributed by atoms with Crippen LogP contribution < -0.4 is 16.2 Å². The van der Waals surface area contributed by atoms with Gasteiger partial charge in [-0.1, -0.05) is 0 Å². The standard InChI is InChI=1S/C10H16F2N4O2/c1-18-5-3-16(2-4-17)10-8(12)6-7(11)9(14-10)15-13/h6,17H,2-5,13H2,1H3,(H,14,15). The van der Waals surface area contributed by atoms with Crippen molar-refractivity contribution in [2.75, 3.05) is 43.7 Å². The Morgan fingerprint density at radius 1 is 1.44 bits per heavy atom. The number of halogens is 2. The van der Waals surface area contributed by atoms with Crippen molar-refractivity contribution >= 4 is 11.6 Å². The third kappa shape index (κ3) is 3.49.